The number of aryl methyl sites for hydroxylation is 2. The molecule has 5 aromatic rings. The number of hydrogen-bond donors (Lipinski definition) is 0. The first kappa shape index (κ1) is 23.0. The van der Waals surface area contributed by atoms with Gasteiger partial charge in [-0.2, -0.15) is 5.11 Å². The first-order chi connectivity index (χ1) is 17.4. The minimum atomic E-state index is -0.269. The lowest BCUT2D eigenvalue weighted by atomic mass is 10.0. The van der Waals surface area contributed by atoms with Gasteiger partial charge < -0.3 is 9.64 Å². The Morgan fingerprint density at radius 1 is 0.861 bits per heavy atom. The molecule has 0 aliphatic heterocycles. The van der Waals surface area contributed by atoms with E-state index in [-0.39, 0.29) is 11.6 Å². The Labute approximate surface area is 207 Å². The summed E-state index contributed by atoms with van der Waals surface area (Å²) in [7, 11) is 6.66. The van der Waals surface area contributed by atoms with E-state index in [1.54, 1.807) is 35.2 Å². The molecule has 1 amide bonds. The Kier molecular flexibility index (Phi) is 5.85. The Morgan fingerprint density at radius 3 is 2.31 bits per heavy atom. The van der Waals surface area contributed by atoms with Gasteiger partial charge in [0.05, 0.1) is 29.4 Å². The van der Waals surface area contributed by atoms with Gasteiger partial charge >= 0.3 is 5.69 Å². The van der Waals surface area contributed by atoms with Gasteiger partial charge in [0.25, 0.3) is 5.91 Å². The number of benzene rings is 4. The summed E-state index contributed by atoms with van der Waals surface area (Å²) in [5, 5.41) is 10.6. The number of aromatic nitrogens is 2. The molecule has 8 heteroatoms. The Hall–Kier alpha value is -4.72. The van der Waals surface area contributed by atoms with Crippen LogP contribution in [0.25, 0.3) is 21.8 Å². The zero-order valence-electron chi connectivity index (χ0n) is 20.5. The molecule has 0 radical (unpaired) electrons. The zero-order chi connectivity index (χ0) is 25.4. The highest BCUT2D eigenvalue weighted by Gasteiger charge is 2.23. The van der Waals surface area contributed by atoms with Crippen molar-refractivity contribution in [3.05, 3.63) is 94.9 Å². The van der Waals surface area contributed by atoms with Crippen LogP contribution in [0, 0.1) is 0 Å². The summed E-state index contributed by atoms with van der Waals surface area (Å²) in [5.74, 6) is 0.0764. The number of hydrogen-bond acceptors (Lipinski definition) is 5. The number of carbonyl (C=O) groups is 1. The maximum Gasteiger partial charge on any atom is 0.328 e. The number of amides is 1. The van der Waals surface area contributed by atoms with E-state index >= 15 is 0 Å². The van der Waals surface area contributed by atoms with Crippen molar-refractivity contribution in [1.82, 2.24) is 9.13 Å². The van der Waals surface area contributed by atoms with E-state index in [9.17, 15) is 9.59 Å². The molecule has 1 heterocycles. The molecule has 36 heavy (non-hydrogen) atoms. The van der Waals surface area contributed by atoms with Crippen LogP contribution in [-0.4, -0.2) is 29.2 Å². The van der Waals surface area contributed by atoms with Crippen molar-refractivity contribution in [2.45, 2.75) is 0 Å². The van der Waals surface area contributed by atoms with E-state index in [1.165, 1.54) is 7.11 Å². The van der Waals surface area contributed by atoms with Crippen molar-refractivity contribution in [1.29, 1.82) is 0 Å². The fourth-order valence-electron chi connectivity index (χ4n) is 4.38. The minimum Gasteiger partial charge on any atom is -0.494 e. The van der Waals surface area contributed by atoms with Gasteiger partial charge in [-0.15, -0.1) is 5.11 Å². The van der Waals surface area contributed by atoms with Gasteiger partial charge in [0, 0.05) is 32.2 Å². The summed E-state index contributed by atoms with van der Waals surface area (Å²) < 4.78 is 8.88. The quantitative estimate of drug-likeness (QED) is 0.302. The van der Waals surface area contributed by atoms with Gasteiger partial charge in [0.15, 0.2) is 5.75 Å². The fourth-order valence-corrected chi connectivity index (χ4v) is 4.38. The van der Waals surface area contributed by atoms with Crippen LogP contribution in [0.1, 0.15) is 10.4 Å². The average molecular weight is 480 g/mol. The van der Waals surface area contributed by atoms with Crippen molar-refractivity contribution >= 4 is 44.8 Å². The second-order valence-electron chi connectivity index (χ2n) is 8.50. The number of azo groups is 1. The number of imidazole rings is 1. The number of carbonyl (C=O) groups excluding carboxylic acids is 1. The van der Waals surface area contributed by atoms with E-state index in [0.717, 1.165) is 21.8 Å². The van der Waals surface area contributed by atoms with Crippen molar-refractivity contribution < 1.29 is 9.53 Å². The number of rotatable bonds is 5. The third-order valence-corrected chi connectivity index (χ3v) is 6.38. The molecule has 8 nitrogen and oxygen atoms in total. The lowest BCUT2D eigenvalue weighted by molar-refractivity contribution is 0.0990. The summed E-state index contributed by atoms with van der Waals surface area (Å²) >= 11 is 0. The molecular formula is C28H25N5O3. The molecule has 180 valence electrons. The zero-order valence-corrected chi connectivity index (χ0v) is 20.5. The highest BCUT2D eigenvalue weighted by atomic mass is 16.5. The Bertz CT molecular complexity index is 1700. The largest absolute Gasteiger partial charge is 0.494 e. The summed E-state index contributed by atoms with van der Waals surface area (Å²) in [6.45, 7) is 0. The van der Waals surface area contributed by atoms with Crippen molar-refractivity contribution in [3.63, 3.8) is 0 Å². The lowest BCUT2D eigenvalue weighted by Crippen LogP contribution is -2.26. The second kappa shape index (κ2) is 9.14. The molecule has 5 rings (SSSR count). The summed E-state index contributed by atoms with van der Waals surface area (Å²) in [5.41, 5.74) is 3.60. The van der Waals surface area contributed by atoms with Crippen LogP contribution in [-0.2, 0) is 14.1 Å². The molecule has 0 atom stereocenters. The number of anilines is 1. The third-order valence-electron chi connectivity index (χ3n) is 6.38. The predicted molar refractivity (Wildman–Crippen MR) is 142 cm³/mol. The smallest absolute Gasteiger partial charge is 0.328 e. The molecule has 0 aliphatic rings. The molecule has 0 fully saturated rings. The van der Waals surface area contributed by atoms with E-state index in [1.807, 2.05) is 78.9 Å². The average Bonchev–Trinajstić information content (AvgIpc) is 3.14. The van der Waals surface area contributed by atoms with Gasteiger partial charge in [-0.05, 0) is 41.8 Å². The number of ether oxygens (including phenoxy) is 1. The van der Waals surface area contributed by atoms with Gasteiger partial charge in [-0.1, -0.05) is 42.5 Å². The molecule has 4 aromatic carbocycles. The topological polar surface area (TPSA) is 81.2 Å². The van der Waals surface area contributed by atoms with Crippen LogP contribution in [0.5, 0.6) is 5.75 Å². The van der Waals surface area contributed by atoms with Crippen LogP contribution in [0.2, 0.25) is 0 Å². The molecule has 0 aliphatic carbocycles. The van der Waals surface area contributed by atoms with E-state index in [4.69, 9.17) is 4.74 Å². The second-order valence-corrected chi connectivity index (χ2v) is 8.50. The fraction of sp³-hybridized carbons (Fsp3) is 0.143. The van der Waals surface area contributed by atoms with Crippen molar-refractivity contribution in [2.75, 3.05) is 19.1 Å². The van der Waals surface area contributed by atoms with E-state index in [2.05, 4.69) is 10.2 Å². The Morgan fingerprint density at radius 2 is 1.56 bits per heavy atom. The van der Waals surface area contributed by atoms with Crippen LogP contribution in [0.4, 0.5) is 17.1 Å². The molecule has 1 aromatic heterocycles. The summed E-state index contributed by atoms with van der Waals surface area (Å²) in [4.78, 5) is 27.7. The third kappa shape index (κ3) is 3.82. The van der Waals surface area contributed by atoms with Crippen LogP contribution >= 0.6 is 0 Å². The molecular weight excluding hydrogens is 454 g/mol. The van der Waals surface area contributed by atoms with Crippen molar-refractivity contribution in [2.24, 2.45) is 24.3 Å². The van der Waals surface area contributed by atoms with E-state index < -0.39 is 0 Å². The van der Waals surface area contributed by atoms with Gasteiger partial charge in [-0.3, -0.25) is 13.9 Å². The van der Waals surface area contributed by atoms with Gasteiger partial charge in [-0.25, -0.2) is 4.79 Å². The highest BCUT2D eigenvalue weighted by Crippen LogP contribution is 2.41. The first-order valence-electron chi connectivity index (χ1n) is 11.4. The van der Waals surface area contributed by atoms with Crippen molar-refractivity contribution in [3.8, 4) is 5.75 Å². The van der Waals surface area contributed by atoms with Crippen LogP contribution < -0.4 is 15.3 Å². The lowest BCUT2D eigenvalue weighted by Gasteiger charge is -2.20. The SMILES string of the molecule is COc1c(C(=O)N(C)c2ccc3c(c2)n(C)c(=O)n3C)cc2ccccc2c1N=Nc1ccccc1. The van der Waals surface area contributed by atoms with Crippen LogP contribution in [0.15, 0.2) is 93.9 Å². The van der Waals surface area contributed by atoms with Crippen LogP contribution in [0.3, 0.4) is 0 Å². The standard InChI is InChI=1S/C28H25N5O3/c1-31(20-14-15-23-24(17-20)33(3)28(35)32(23)2)27(34)22-16-18-10-8-9-13-21(18)25(26(22)36-4)30-29-19-11-6-5-7-12-19/h5-17H,1-4H3. The highest BCUT2D eigenvalue weighted by molar-refractivity contribution is 6.13. The van der Waals surface area contributed by atoms with E-state index in [0.29, 0.717) is 28.4 Å². The van der Waals surface area contributed by atoms with Gasteiger partial charge in [0.2, 0.25) is 0 Å². The monoisotopic (exact) mass is 479 g/mol. The number of fused-ring (bicyclic) bond motifs is 2. The molecule has 0 N–H and O–H groups in total. The summed E-state index contributed by atoms with van der Waals surface area (Å²) in [6.07, 6.45) is 0. The number of methoxy groups -OCH3 is 1. The molecule has 0 saturated heterocycles. The summed E-state index contributed by atoms with van der Waals surface area (Å²) in [6, 6.07) is 24.4. The molecule has 0 bridgehead atoms. The maximum absolute atomic E-state index is 13.8. The molecule has 0 unspecified atom stereocenters. The van der Waals surface area contributed by atoms with Gasteiger partial charge in [0.1, 0.15) is 5.69 Å². The maximum atomic E-state index is 13.8. The molecule has 0 spiro atoms. The predicted octanol–water partition coefficient (Wildman–Crippen LogP) is 5.73. The minimum absolute atomic E-state index is 0.124. The normalized spacial score (nSPS) is 11.4. The number of nitrogens with zero attached hydrogens (tertiary/aromatic N) is 5. The molecule has 0 saturated carbocycles. The Balaban J connectivity index is 1.63. The first-order valence-corrected chi connectivity index (χ1v) is 11.4.